The highest BCUT2D eigenvalue weighted by atomic mass is 35.5. The molecule has 1 heterocycles. The van der Waals surface area contributed by atoms with Crippen LogP contribution >= 0.6 is 11.6 Å². The highest BCUT2D eigenvalue weighted by Gasteiger charge is 2.15. The summed E-state index contributed by atoms with van der Waals surface area (Å²) in [7, 11) is 0. The van der Waals surface area contributed by atoms with E-state index >= 15 is 0 Å². The zero-order valence-electron chi connectivity index (χ0n) is 9.61. The van der Waals surface area contributed by atoms with Gasteiger partial charge in [-0.25, -0.2) is 9.78 Å². The average Bonchev–Trinajstić information content (AvgIpc) is 2.73. The minimum atomic E-state index is -1.16. The number of halogens is 1. The Hall–Kier alpha value is -2.01. The molecule has 1 aromatic carbocycles. The van der Waals surface area contributed by atoms with Gasteiger partial charge < -0.3 is 14.8 Å². The second-order valence-electron chi connectivity index (χ2n) is 3.51. The van der Waals surface area contributed by atoms with Gasteiger partial charge in [0.1, 0.15) is 16.7 Å². The van der Waals surface area contributed by atoms with Crippen molar-refractivity contribution >= 4 is 17.6 Å². The minimum absolute atomic E-state index is 0.0198. The maximum Gasteiger partial charge on any atom is 0.357 e. The first-order valence-corrected chi connectivity index (χ1v) is 5.71. The van der Waals surface area contributed by atoms with Gasteiger partial charge in [-0.1, -0.05) is 11.6 Å². The molecule has 2 aromatic rings. The summed E-state index contributed by atoms with van der Waals surface area (Å²) < 4.78 is 5.31. The summed E-state index contributed by atoms with van der Waals surface area (Å²) in [5.74, 6) is 0.00578. The number of aromatic nitrogens is 2. The molecule has 2 N–H and O–H groups in total. The van der Waals surface area contributed by atoms with E-state index in [1.165, 1.54) is 0 Å². The fraction of sp³-hybridized carbons (Fsp3) is 0.167. The van der Waals surface area contributed by atoms with Crippen molar-refractivity contribution in [1.29, 1.82) is 0 Å². The van der Waals surface area contributed by atoms with Gasteiger partial charge in [0.15, 0.2) is 5.69 Å². The number of imidazole rings is 1. The number of nitrogens with one attached hydrogen (secondary N) is 1. The lowest BCUT2D eigenvalue weighted by Crippen LogP contribution is -1.96. The van der Waals surface area contributed by atoms with Crippen LogP contribution in [0.3, 0.4) is 0 Å². The molecule has 0 aliphatic rings. The Kier molecular flexibility index (Phi) is 3.53. The largest absolute Gasteiger partial charge is 0.494 e. The van der Waals surface area contributed by atoms with Crippen molar-refractivity contribution in [2.24, 2.45) is 0 Å². The molecule has 0 atom stereocenters. The Labute approximate surface area is 108 Å². The number of carboxylic acids is 1. The molecular formula is C12H11ClN2O3. The first-order valence-electron chi connectivity index (χ1n) is 5.34. The van der Waals surface area contributed by atoms with E-state index in [1.54, 1.807) is 24.3 Å². The molecule has 2 rings (SSSR count). The fourth-order valence-electron chi connectivity index (χ4n) is 1.51. The molecule has 0 bridgehead atoms. The van der Waals surface area contributed by atoms with Crippen molar-refractivity contribution in [3.8, 4) is 17.1 Å². The smallest absolute Gasteiger partial charge is 0.357 e. The SMILES string of the molecule is CCOc1ccc(-c2nc(C(=O)O)c(Cl)[nH]2)cc1. The highest BCUT2D eigenvalue weighted by Crippen LogP contribution is 2.23. The number of ether oxygens (including phenoxy) is 1. The summed E-state index contributed by atoms with van der Waals surface area (Å²) >= 11 is 5.75. The Bertz CT molecular complexity index is 563. The van der Waals surface area contributed by atoms with Gasteiger partial charge in [0.25, 0.3) is 0 Å². The number of benzene rings is 1. The number of H-pyrrole nitrogens is 1. The van der Waals surface area contributed by atoms with E-state index in [1.807, 2.05) is 6.92 Å². The van der Waals surface area contributed by atoms with Crippen LogP contribution < -0.4 is 4.74 Å². The van der Waals surface area contributed by atoms with Gasteiger partial charge in [-0.3, -0.25) is 0 Å². The number of aromatic carboxylic acids is 1. The molecule has 0 amide bonds. The van der Waals surface area contributed by atoms with Crippen LogP contribution in [0.15, 0.2) is 24.3 Å². The third kappa shape index (κ3) is 2.46. The zero-order valence-corrected chi connectivity index (χ0v) is 10.4. The molecule has 1 aromatic heterocycles. The van der Waals surface area contributed by atoms with Gasteiger partial charge in [-0.15, -0.1) is 0 Å². The van der Waals surface area contributed by atoms with Gasteiger partial charge >= 0.3 is 5.97 Å². The average molecular weight is 267 g/mol. The second kappa shape index (κ2) is 5.10. The van der Waals surface area contributed by atoms with Crippen LogP contribution in [0, 0.1) is 0 Å². The minimum Gasteiger partial charge on any atom is -0.494 e. The normalized spacial score (nSPS) is 10.3. The molecule has 0 radical (unpaired) electrons. The fourth-order valence-corrected chi connectivity index (χ4v) is 1.72. The quantitative estimate of drug-likeness (QED) is 0.892. The molecule has 18 heavy (non-hydrogen) atoms. The summed E-state index contributed by atoms with van der Waals surface area (Å²) in [6, 6.07) is 7.14. The second-order valence-corrected chi connectivity index (χ2v) is 3.89. The number of rotatable bonds is 4. The molecule has 0 saturated carbocycles. The summed E-state index contributed by atoms with van der Waals surface area (Å²) in [5.41, 5.74) is 0.563. The molecule has 94 valence electrons. The third-order valence-corrected chi connectivity index (χ3v) is 2.57. The number of hydrogen-bond donors (Lipinski definition) is 2. The van der Waals surface area contributed by atoms with E-state index in [0.29, 0.717) is 12.4 Å². The van der Waals surface area contributed by atoms with Crippen molar-refractivity contribution in [1.82, 2.24) is 9.97 Å². The Morgan fingerprint density at radius 2 is 2.11 bits per heavy atom. The lowest BCUT2D eigenvalue weighted by atomic mass is 10.2. The van der Waals surface area contributed by atoms with E-state index in [0.717, 1.165) is 11.3 Å². The predicted octanol–water partition coefficient (Wildman–Crippen LogP) is 2.83. The van der Waals surface area contributed by atoms with Crippen LogP contribution in [0.4, 0.5) is 0 Å². The molecule has 0 saturated heterocycles. The van der Waals surface area contributed by atoms with Crippen LogP contribution in [0.2, 0.25) is 5.15 Å². The van der Waals surface area contributed by atoms with E-state index in [-0.39, 0.29) is 10.8 Å². The molecule has 0 spiro atoms. The molecule has 0 fully saturated rings. The standard InChI is InChI=1S/C12H11ClN2O3/c1-2-18-8-5-3-7(4-6-8)11-14-9(12(16)17)10(13)15-11/h3-6H,2H2,1H3,(H,14,15)(H,16,17). The van der Waals surface area contributed by atoms with E-state index < -0.39 is 5.97 Å². The Balaban J connectivity index is 2.31. The van der Waals surface area contributed by atoms with Crippen molar-refractivity contribution < 1.29 is 14.6 Å². The highest BCUT2D eigenvalue weighted by molar-refractivity contribution is 6.32. The topological polar surface area (TPSA) is 75.2 Å². The number of carbonyl (C=O) groups is 1. The first kappa shape index (κ1) is 12.4. The molecule has 0 aliphatic carbocycles. The molecular weight excluding hydrogens is 256 g/mol. The molecule has 5 nitrogen and oxygen atoms in total. The van der Waals surface area contributed by atoms with Crippen molar-refractivity contribution in [2.45, 2.75) is 6.92 Å². The van der Waals surface area contributed by atoms with Crippen LogP contribution in [-0.2, 0) is 0 Å². The first-order chi connectivity index (χ1) is 8.61. The van der Waals surface area contributed by atoms with Crippen molar-refractivity contribution in [2.75, 3.05) is 6.61 Å². The van der Waals surface area contributed by atoms with Gasteiger partial charge in [-0.2, -0.15) is 0 Å². The summed E-state index contributed by atoms with van der Waals surface area (Å²) in [5, 5.41) is 8.87. The Morgan fingerprint density at radius 3 is 2.61 bits per heavy atom. The monoisotopic (exact) mass is 266 g/mol. The number of carboxylic acid groups (broad SMARTS) is 1. The van der Waals surface area contributed by atoms with Gasteiger partial charge in [-0.05, 0) is 31.2 Å². The van der Waals surface area contributed by atoms with Crippen LogP contribution in [-0.4, -0.2) is 27.7 Å². The Morgan fingerprint density at radius 1 is 1.44 bits per heavy atom. The van der Waals surface area contributed by atoms with Crippen LogP contribution in [0.25, 0.3) is 11.4 Å². The maximum absolute atomic E-state index is 10.8. The molecule has 0 unspecified atom stereocenters. The summed E-state index contributed by atoms with van der Waals surface area (Å²) in [4.78, 5) is 17.5. The van der Waals surface area contributed by atoms with Crippen LogP contribution in [0.1, 0.15) is 17.4 Å². The number of hydrogen-bond acceptors (Lipinski definition) is 3. The molecule has 0 aliphatic heterocycles. The van der Waals surface area contributed by atoms with E-state index in [4.69, 9.17) is 21.4 Å². The van der Waals surface area contributed by atoms with Crippen molar-refractivity contribution in [3.05, 3.63) is 35.1 Å². The van der Waals surface area contributed by atoms with Gasteiger partial charge in [0.05, 0.1) is 6.61 Å². The van der Waals surface area contributed by atoms with Gasteiger partial charge in [0, 0.05) is 5.56 Å². The maximum atomic E-state index is 10.8. The van der Waals surface area contributed by atoms with E-state index in [2.05, 4.69) is 9.97 Å². The van der Waals surface area contributed by atoms with Gasteiger partial charge in [0.2, 0.25) is 0 Å². The van der Waals surface area contributed by atoms with Crippen LogP contribution in [0.5, 0.6) is 5.75 Å². The van der Waals surface area contributed by atoms with Crippen molar-refractivity contribution in [3.63, 3.8) is 0 Å². The lowest BCUT2D eigenvalue weighted by Gasteiger charge is -2.02. The summed E-state index contributed by atoms with van der Waals surface area (Å²) in [6.07, 6.45) is 0. The van der Waals surface area contributed by atoms with E-state index in [9.17, 15) is 4.79 Å². The molecule has 6 heteroatoms. The number of aromatic amines is 1. The lowest BCUT2D eigenvalue weighted by molar-refractivity contribution is 0.0691. The number of nitrogens with zero attached hydrogens (tertiary/aromatic N) is 1. The zero-order chi connectivity index (χ0) is 13.1. The third-order valence-electron chi connectivity index (χ3n) is 2.30. The summed E-state index contributed by atoms with van der Waals surface area (Å²) in [6.45, 7) is 2.49. The predicted molar refractivity (Wildman–Crippen MR) is 67.2 cm³/mol.